The highest BCUT2D eigenvalue weighted by atomic mass is 16.5. The van der Waals surface area contributed by atoms with Gasteiger partial charge in [-0.1, -0.05) is 84.9 Å². The van der Waals surface area contributed by atoms with E-state index in [1.54, 1.807) is 62.9 Å². The van der Waals surface area contributed by atoms with Crippen molar-refractivity contribution in [2.24, 2.45) is 0 Å². The van der Waals surface area contributed by atoms with Crippen LogP contribution in [0.15, 0.2) is 91.0 Å². The molecule has 0 radical (unpaired) electrons. The molecule has 5 rings (SSSR count). The summed E-state index contributed by atoms with van der Waals surface area (Å²) in [7, 11) is 4.63. The number of methoxy groups -OCH3 is 3. The molecule has 0 bridgehead atoms. The zero-order valence-corrected chi connectivity index (χ0v) is 29.5. The van der Waals surface area contributed by atoms with E-state index in [0.29, 0.717) is 29.5 Å². The summed E-state index contributed by atoms with van der Waals surface area (Å²) in [5.41, 5.74) is 4.87. The Morgan fingerprint density at radius 3 is 1.31 bits per heavy atom. The second kappa shape index (κ2) is 13.0. The van der Waals surface area contributed by atoms with E-state index < -0.39 is 22.2 Å². The van der Waals surface area contributed by atoms with Crippen molar-refractivity contribution in [3.63, 3.8) is 0 Å². The molecular weight excluding hydrogens is 600 g/mol. The highest BCUT2D eigenvalue weighted by molar-refractivity contribution is 6.04. The zero-order valence-electron chi connectivity index (χ0n) is 29.5. The predicted molar refractivity (Wildman–Crippen MR) is 189 cm³/mol. The Morgan fingerprint density at radius 2 is 0.875 bits per heavy atom. The average molecular weight is 647 g/mol. The number of rotatable bonds is 13. The zero-order chi connectivity index (χ0) is 35.1. The van der Waals surface area contributed by atoms with E-state index in [2.05, 4.69) is 24.3 Å². The third kappa shape index (κ3) is 6.33. The van der Waals surface area contributed by atoms with E-state index in [1.165, 1.54) is 0 Å². The van der Waals surface area contributed by atoms with E-state index in [9.17, 15) is 14.4 Å². The van der Waals surface area contributed by atoms with Crippen LogP contribution in [0.2, 0.25) is 0 Å². The lowest BCUT2D eigenvalue weighted by Gasteiger charge is -2.33. The van der Waals surface area contributed by atoms with Gasteiger partial charge in [0.1, 0.15) is 16.8 Å². The summed E-state index contributed by atoms with van der Waals surface area (Å²) in [6.07, 6.45) is 1.23. The molecule has 0 saturated carbocycles. The summed E-state index contributed by atoms with van der Waals surface area (Å²) >= 11 is 0. The molecule has 0 N–H and O–H groups in total. The lowest BCUT2D eigenvalue weighted by atomic mass is 9.69. The van der Waals surface area contributed by atoms with Crippen LogP contribution in [0.25, 0.3) is 11.1 Å². The minimum absolute atomic E-state index is 0.0852. The van der Waals surface area contributed by atoms with Crippen LogP contribution >= 0.6 is 0 Å². The monoisotopic (exact) mass is 646 g/mol. The quantitative estimate of drug-likeness (QED) is 0.136. The van der Waals surface area contributed by atoms with Crippen molar-refractivity contribution >= 4 is 17.3 Å². The van der Waals surface area contributed by atoms with Crippen LogP contribution in [-0.2, 0) is 32.5 Å². The van der Waals surface area contributed by atoms with Gasteiger partial charge in [-0.2, -0.15) is 0 Å². The van der Waals surface area contributed by atoms with Crippen molar-refractivity contribution in [3.05, 3.63) is 130 Å². The molecule has 0 spiro atoms. The summed E-state index contributed by atoms with van der Waals surface area (Å²) in [4.78, 5) is 40.0. The Kier molecular flexibility index (Phi) is 9.50. The Labute approximate surface area is 284 Å². The normalized spacial score (nSPS) is 13.9. The Morgan fingerprint density at radius 1 is 0.500 bits per heavy atom. The first-order valence-corrected chi connectivity index (χ1v) is 16.3. The minimum Gasteiger partial charge on any atom is -0.371 e. The lowest BCUT2D eigenvalue weighted by molar-refractivity contribution is 0.0228. The molecule has 0 amide bonds. The largest absolute Gasteiger partial charge is 0.371 e. The first-order chi connectivity index (χ1) is 22.6. The van der Waals surface area contributed by atoms with E-state index in [1.807, 2.05) is 66.7 Å². The molecule has 4 aromatic rings. The molecule has 0 aliphatic heterocycles. The lowest BCUT2D eigenvalue weighted by Crippen LogP contribution is -2.35. The third-order valence-electron chi connectivity index (χ3n) is 10.1. The molecule has 250 valence electrons. The van der Waals surface area contributed by atoms with Crippen molar-refractivity contribution in [1.82, 2.24) is 0 Å². The van der Waals surface area contributed by atoms with Crippen LogP contribution in [0.4, 0.5) is 0 Å². The summed E-state index contributed by atoms with van der Waals surface area (Å²) in [5.74, 6) is -0.263. The van der Waals surface area contributed by atoms with Gasteiger partial charge in [0.05, 0.1) is 0 Å². The van der Waals surface area contributed by atoms with Crippen LogP contribution in [0.1, 0.15) is 94.9 Å². The second-order valence-corrected chi connectivity index (χ2v) is 14.3. The maximum atomic E-state index is 13.7. The van der Waals surface area contributed by atoms with Gasteiger partial charge in [-0.25, -0.2) is 0 Å². The third-order valence-corrected chi connectivity index (χ3v) is 10.1. The maximum Gasteiger partial charge on any atom is 0.194 e. The fraction of sp³-hybridized carbons (Fsp3) is 0.357. The molecule has 1 aliphatic carbocycles. The molecule has 0 atom stereocenters. The molecule has 4 aromatic carbocycles. The molecule has 1 aliphatic rings. The SMILES string of the molecule is COC(C)(C)C(=O)c1ccc(CC2(Cc3ccc(C(=O)C(C)(C)OC)cc3)c3ccccc3-c3ccc(C(=O)C(C)(C)OC)cc32)cc1. The number of ether oxygens (including phenoxy) is 3. The molecule has 0 unspecified atom stereocenters. The van der Waals surface area contributed by atoms with Gasteiger partial charge in [0.15, 0.2) is 17.3 Å². The Balaban J connectivity index is 1.66. The van der Waals surface area contributed by atoms with Gasteiger partial charge in [0, 0.05) is 43.4 Å². The van der Waals surface area contributed by atoms with Gasteiger partial charge in [0.25, 0.3) is 0 Å². The van der Waals surface area contributed by atoms with Gasteiger partial charge in [-0.05, 0) is 93.8 Å². The van der Waals surface area contributed by atoms with Crippen molar-refractivity contribution in [2.45, 2.75) is 76.6 Å². The Hall–Kier alpha value is -4.23. The summed E-state index contributed by atoms with van der Waals surface area (Å²) < 4.78 is 16.5. The van der Waals surface area contributed by atoms with E-state index >= 15 is 0 Å². The number of ketones is 3. The van der Waals surface area contributed by atoms with Crippen molar-refractivity contribution in [1.29, 1.82) is 0 Å². The number of carbonyl (C=O) groups is 3. The molecule has 0 saturated heterocycles. The van der Waals surface area contributed by atoms with Gasteiger partial charge in [-0.15, -0.1) is 0 Å². The van der Waals surface area contributed by atoms with E-state index in [0.717, 1.165) is 33.4 Å². The number of carbonyl (C=O) groups excluding carboxylic acids is 3. The molecule has 0 aromatic heterocycles. The minimum atomic E-state index is -0.987. The van der Waals surface area contributed by atoms with Gasteiger partial charge < -0.3 is 14.2 Å². The molecular formula is C42H46O6. The fourth-order valence-corrected chi connectivity index (χ4v) is 6.61. The number of hydrogen-bond acceptors (Lipinski definition) is 6. The van der Waals surface area contributed by atoms with Crippen molar-refractivity contribution in [3.8, 4) is 11.1 Å². The molecule has 0 heterocycles. The topological polar surface area (TPSA) is 78.9 Å². The first kappa shape index (κ1) is 35.1. The smallest absolute Gasteiger partial charge is 0.194 e. The Bertz CT molecular complexity index is 1770. The van der Waals surface area contributed by atoms with Crippen LogP contribution in [0, 0.1) is 0 Å². The van der Waals surface area contributed by atoms with E-state index in [4.69, 9.17) is 14.2 Å². The van der Waals surface area contributed by atoms with Gasteiger partial charge >= 0.3 is 0 Å². The van der Waals surface area contributed by atoms with Crippen molar-refractivity contribution < 1.29 is 28.6 Å². The van der Waals surface area contributed by atoms with E-state index in [-0.39, 0.29) is 17.3 Å². The second-order valence-electron chi connectivity index (χ2n) is 14.3. The summed E-state index contributed by atoms with van der Waals surface area (Å²) in [6.45, 7) is 10.6. The highest BCUT2D eigenvalue weighted by Gasteiger charge is 2.44. The molecule has 6 heteroatoms. The maximum absolute atomic E-state index is 13.7. The number of benzene rings is 4. The molecule has 48 heavy (non-hydrogen) atoms. The molecule has 6 nitrogen and oxygen atoms in total. The van der Waals surface area contributed by atoms with Gasteiger partial charge in [-0.3, -0.25) is 14.4 Å². The fourth-order valence-electron chi connectivity index (χ4n) is 6.61. The van der Waals surface area contributed by atoms with Crippen LogP contribution in [0.3, 0.4) is 0 Å². The first-order valence-electron chi connectivity index (χ1n) is 16.3. The predicted octanol–water partition coefficient (Wildman–Crippen LogP) is 8.26. The number of fused-ring (bicyclic) bond motifs is 3. The molecule has 0 fully saturated rings. The average Bonchev–Trinajstić information content (AvgIpc) is 3.36. The van der Waals surface area contributed by atoms with Gasteiger partial charge in [0.2, 0.25) is 0 Å². The van der Waals surface area contributed by atoms with Crippen LogP contribution in [0.5, 0.6) is 0 Å². The standard InChI is InChI=1S/C42H46O6/c1-39(2,46-7)36(43)29-18-14-27(15-19-29)25-42(26-28-16-20-30(21-17-28)37(44)40(3,4)47-8)34-13-11-10-12-32(34)33-23-22-31(24-35(33)42)38(45)41(5,6)48-9/h10-24H,25-26H2,1-9H3. The van der Waals surface area contributed by atoms with Crippen LogP contribution < -0.4 is 0 Å². The number of Topliss-reactive ketones (excluding diaryl/α,β-unsaturated/α-hetero) is 3. The van der Waals surface area contributed by atoms with Crippen LogP contribution in [-0.4, -0.2) is 55.5 Å². The van der Waals surface area contributed by atoms with Crippen molar-refractivity contribution in [2.75, 3.05) is 21.3 Å². The summed E-state index contributed by atoms with van der Waals surface area (Å²) in [5, 5.41) is 0. The highest BCUT2D eigenvalue weighted by Crippen LogP contribution is 2.52. The summed E-state index contributed by atoms with van der Waals surface area (Å²) in [6, 6.07) is 29.9. The number of hydrogen-bond donors (Lipinski definition) is 0.